The Morgan fingerprint density at radius 3 is 2.53 bits per heavy atom. The minimum Gasteiger partial charge on any atom is -0.489 e. The number of alkyl halides is 2. The molecule has 2 nitrogen and oxygen atoms in total. The molecule has 17 heavy (non-hydrogen) atoms. The lowest BCUT2D eigenvalue weighted by atomic mass is 10.1. The van der Waals surface area contributed by atoms with Gasteiger partial charge in [-0.2, -0.15) is 8.78 Å². The van der Waals surface area contributed by atoms with Gasteiger partial charge in [-0.05, 0) is 39.1 Å². The van der Waals surface area contributed by atoms with Gasteiger partial charge in [0.05, 0.1) is 17.7 Å². The third-order valence-corrected chi connectivity index (χ3v) is 2.41. The molecule has 0 aliphatic carbocycles. The third kappa shape index (κ3) is 3.82. The van der Waals surface area contributed by atoms with Crippen molar-refractivity contribution < 1.29 is 13.5 Å². The average Bonchev–Trinajstić information content (AvgIpc) is 2.20. The van der Waals surface area contributed by atoms with Crippen LogP contribution in [0.15, 0.2) is 18.2 Å². The zero-order valence-electron chi connectivity index (χ0n) is 10.1. The molecule has 0 atom stereocenters. The van der Waals surface area contributed by atoms with Gasteiger partial charge in [0, 0.05) is 5.56 Å². The summed E-state index contributed by atoms with van der Waals surface area (Å²) in [6.07, 6.45) is -0.0452. The lowest BCUT2D eigenvalue weighted by molar-refractivity contribution is -0.00129. The van der Waals surface area contributed by atoms with Crippen molar-refractivity contribution in [3.05, 3.63) is 28.8 Å². The van der Waals surface area contributed by atoms with E-state index < -0.39 is 12.5 Å². The first-order valence-corrected chi connectivity index (χ1v) is 5.73. The van der Waals surface area contributed by atoms with Crippen LogP contribution in [0, 0.1) is 0 Å². The Labute approximate surface area is 105 Å². The van der Waals surface area contributed by atoms with E-state index in [0.717, 1.165) is 0 Å². The lowest BCUT2D eigenvalue weighted by Crippen LogP contribution is -2.28. The Bertz CT molecular complexity index is 383. The van der Waals surface area contributed by atoms with E-state index in [1.165, 1.54) is 25.2 Å². The summed E-state index contributed by atoms with van der Waals surface area (Å²) in [5.74, 6) is -2.51. The fourth-order valence-corrected chi connectivity index (χ4v) is 1.63. The fourth-order valence-electron chi connectivity index (χ4n) is 1.40. The average molecular weight is 264 g/mol. The van der Waals surface area contributed by atoms with Gasteiger partial charge in [0.25, 0.3) is 5.92 Å². The number of hydrogen-bond acceptors (Lipinski definition) is 2. The van der Waals surface area contributed by atoms with Gasteiger partial charge >= 0.3 is 0 Å². The molecule has 96 valence electrons. The minimum absolute atomic E-state index is 0.0452. The Morgan fingerprint density at radius 1 is 1.41 bits per heavy atom. The van der Waals surface area contributed by atoms with E-state index in [0.29, 0.717) is 5.75 Å². The standard InChI is InChI=1S/C12H16ClF2NO/c1-8(2)17-11-5-4-9(6-10(11)13)12(14,15)7-16-3/h4-6,8,16H,7H2,1-3H3. The maximum Gasteiger partial charge on any atom is 0.285 e. The number of benzene rings is 1. The molecule has 0 spiro atoms. The molecule has 5 heteroatoms. The highest BCUT2D eigenvalue weighted by atomic mass is 35.5. The molecule has 0 saturated carbocycles. The molecule has 1 N–H and O–H groups in total. The van der Waals surface area contributed by atoms with Gasteiger partial charge < -0.3 is 10.1 Å². The van der Waals surface area contributed by atoms with Gasteiger partial charge in [0.15, 0.2) is 0 Å². The van der Waals surface area contributed by atoms with E-state index in [1.54, 1.807) is 0 Å². The highest BCUT2D eigenvalue weighted by molar-refractivity contribution is 6.32. The Hall–Kier alpha value is -0.870. The quantitative estimate of drug-likeness (QED) is 0.879. The summed E-state index contributed by atoms with van der Waals surface area (Å²) in [6.45, 7) is 3.27. The van der Waals surface area contributed by atoms with Gasteiger partial charge in [0.2, 0.25) is 0 Å². The van der Waals surface area contributed by atoms with Gasteiger partial charge in [-0.3, -0.25) is 0 Å². The molecule has 0 amide bonds. The second kappa shape index (κ2) is 5.65. The molecule has 1 rings (SSSR count). The number of ether oxygens (including phenoxy) is 1. The van der Waals surface area contributed by atoms with Crippen LogP contribution in [0.1, 0.15) is 19.4 Å². The summed E-state index contributed by atoms with van der Waals surface area (Å²) in [4.78, 5) is 0. The van der Waals surface area contributed by atoms with Crippen molar-refractivity contribution in [2.24, 2.45) is 0 Å². The smallest absolute Gasteiger partial charge is 0.285 e. The molecule has 1 aromatic carbocycles. The summed E-state index contributed by atoms with van der Waals surface area (Å²) in [5.41, 5.74) is -0.118. The van der Waals surface area contributed by atoms with Gasteiger partial charge in [-0.15, -0.1) is 0 Å². The lowest BCUT2D eigenvalue weighted by Gasteiger charge is -2.18. The van der Waals surface area contributed by atoms with Crippen LogP contribution in [0.5, 0.6) is 5.75 Å². The molecular weight excluding hydrogens is 248 g/mol. The molecule has 0 aliphatic rings. The van der Waals surface area contributed by atoms with Gasteiger partial charge in [-0.1, -0.05) is 11.6 Å². The number of likely N-dealkylation sites (N-methyl/N-ethyl adjacent to an activating group) is 1. The first kappa shape index (κ1) is 14.2. The number of nitrogens with one attached hydrogen (secondary N) is 1. The molecule has 1 aromatic rings. The van der Waals surface area contributed by atoms with Crippen LogP contribution in [-0.4, -0.2) is 19.7 Å². The monoisotopic (exact) mass is 263 g/mol. The Morgan fingerprint density at radius 2 is 2.06 bits per heavy atom. The van der Waals surface area contributed by atoms with E-state index in [1.807, 2.05) is 13.8 Å². The molecule has 0 bridgehead atoms. The fraction of sp³-hybridized carbons (Fsp3) is 0.500. The molecule has 0 saturated heterocycles. The Balaban J connectivity index is 2.95. The van der Waals surface area contributed by atoms with Crippen LogP contribution in [0.3, 0.4) is 0 Å². The first-order valence-electron chi connectivity index (χ1n) is 5.36. The summed E-state index contributed by atoms with van der Waals surface area (Å²) in [6, 6.07) is 4.05. The predicted octanol–water partition coefficient (Wildman–Crippen LogP) is 3.44. The van der Waals surface area contributed by atoms with E-state index >= 15 is 0 Å². The number of hydrogen-bond donors (Lipinski definition) is 1. The summed E-state index contributed by atoms with van der Waals surface area (Å²) in [7, 11) is 1.48. The van der Waals surface area contributed by atoms with Crippen molar-refractivity contribution in [2.45, 2.75) is 25.9 Å². The predicted molar refractivity (Wildman–Crippen MR) is 65.0 cm³/mol. The van der Waals surface area contributed by atoms with Crippen LogP contribution < -0.4 is 10.1 Å². The van der Waals surface area contributed by atoms with Crippen LogP contribution >= 0.6 is 11.6 Å². The molecule has 0 aromatic heterocycles. The second-order valence-electron chi connectivity index (χ2n) is 4.05. The SMILES string of the molecule is CNCC(F)(F)c1ccc(OC(C)C)c(Cl)c1. The third-order valence-electron chi connectivity index (χ3n) is 2.12. The molecule has 0 radical (unpaired) electrons. The van der Waals surface area contributed by atoms with E-state index in [2.05, 4.69) is 5.32 Å². The summed E-state index contributed by atoms with van der Waals surface area (Å²) >= 11 is 5.90. The van der Waals surface area contributed by atoms with E-state index in [9.17, 15) is 8.78 Å². The van der Waals surface area contributed by atoms with Gasteiger partial charge in [-0.25, -0.2) is 0 Å². The zero-order valence-corrected chi connectivity index (χ0v) is 10.8. The topological polar surface area (TPSA) is 21.3 Å². The van der Waals surface area contributed by atoms with Crippen LogP contribution in [-0.2, 0) is 5.92 Å². The van der Waals surface area contributed by atoms with Crippen molar-refractivity contribution in [3.63, 3.8) is 0 Å². The minimum atomic E-state index is -2.94. The van der Waals surface area contributed by atoms with E-state index in [-0.39, 0.29) is 16.7 Å². The highest BCUT2D eigenvalue weighted by Crippen LogP contribution is 2.33. The normalized spacial score (nSPS) is 11.9. The van der Waals surface area contributed by atoms with Gasteiger partial charge in [0.1, 0.15) is 5.75 Å². The molecule has 0 aliphatic heterocycles. The van der Waals surface area contributed by atoms with E-state index in [4.69, 9.17) is 16.3 Å². The second-order valence-corrected chi connectivity index (χ2v) is 4.45. The van der Waals surface area contributed by atoms with Crippen molar-refractivity contribution in [1.29, 1.82) is 0 Å². The van der Waals surface area contributed by atoms with Crippen LogP contribution in [0.4, 0.5) is 8.78 Å². The van der Waals surface area contributed by atoms with Crippen molar-refractivity contribution >= 4 is 11.6 Å². The molecule has 0 unspecified atom stereocenters. The maximum atomic E-state index is 13.6. The molecule has 0 fully saturated rings. The summed E-state index contributed by atoms with van der Waals surface area (Å²) < 4.78 is 32.5. The largest absolute Gasteiger partial charge is 0.489 e. The summed E-state index contributed by atoms with van der Waals surface area (Å²) in [5, 5.41) is 2.65. The first-order chi connectivity index (χ1) is 7.86. The number of rotatable bonds is 5. The molecule has 0 heterocycles. The Kier molecular flexibility index (Phi) is 4.71. The van der Waals surface area contributed by atoms with Crippen molar-refractivity contribution in [1.82, 2.24) is 5.32 Å². The zero-order chi connectivity index (χ0) is 13.1. The van der Waals surface area contributed by atoms with Crippen molar-refractivity contribution in [2.75, 3.05) is 13.6 Å². The van der Waals surface area contributed by atoms with Crippen LogP contribution in [0.2, 0.25) is 5.02 Å². The highest BCUT2D eigenvalue weighted by Gasteiger charge is 2.31. The van der Waals surface area contributed by atoms with Crippen LogP contribution in [0.25, 0.3) is 0 Å². The molecular formula is C12H16ClF2NO. The number of halogens is 3. The maximum absolute atomic E-state index is 13.6. The van der Waals surface area contributed by atoms with Crippen molar-refractivity contribution in [3.8, 4) is 5.75 Å².